The third kappa shape index (κ3) is 5.98. The van der Waals surface area contributed by atoms with Gasteiger partial charge in [0, 0.05) is 42.3 Å². The lowest BCUT2D eigenvalue weighted by Crippen LogP contribution is -2.38. The highest BCUT2D eigenvalue weighted by atomic mass is 16.5. The summed E-state index contributed by atoms with van der Waals surface area (Å²) in [6.07, 6.45) is 3.32. The summed E-state index contributed by atoms with van der Waals surface area (Å²) in [6, 6.07) is 16.8. The van der Waals surface area contributed by atoms with Crippen LogP contribution in [0.2, 0.25) is 0 Å². The third-order valence-corrected chi connectivity index (χ3v) is 6.28. The number of pyridine rings is 1. The molecule has 35 heavy (non-hydrogen) atoms. The molecule has 3 N–H and O–H groups in total. The molecule has 4 rings (SSSR count). The number of hydrogen-bond acceptors (Lipinski definition) is 5. The number of amides is 2. The van der Waals surface area contributed by atoms with Gasteiger partial charge in [0.05, 0.1) is 11.7 Å². The smallest absolute Gasteiger partial charge is 0.257 e. The van der Waals surface area contributed by atoms with Gasteiger partial charge in [-0.2, -0.15) is 0 Å². The van der Waals surface area contributed by atoms with Gasteiger partial charge in [-0.1, -0.05) is 18.2 Å². The van der Waals surface area contributed by atoms with E-state index in [9.17, 15) is 9.59 Å². The van der Waals surface area contributed by atoms with Crippen molar-refractivity contribution < 1.29 is 14.3 Å². The maximum atomic E-state index is 13.2. The van der Waals surface area contributed by atoms with E-state index < -0.39 is 0 Å². The molecule has 1 saturated heterocycles. The molecule has 2 aromatic carbocycles. The van der Waals surface area contributed by atoms with Crippen LogP contribution in [0.1, 0.15) is 64.4 Å². The van der Waals surface area contributed by atoms with Gasteiger partial charge in [0.15, 0.2) is 0 Å². The number of likely N-dealkylation sites (tertiary alicyclic amines) is 1. The van der Waals surface area contributed by atoms with E-state index in [0.717, 1.165) is 24.1 Å². The summed E-state index contributed by atoms with van der Waals surface area (Å²) in [6.45, 7) is 7.13. The van der Waals surface area contributed by atoms with Crippen LogP contribution in [-0.2, 0) is 0 Å². The lowest BCUT2D eigenvalue weighted by atomic mass is 9.89. The topological polar surface area (TPSA) is 97.6 Å². The number of nitrogens with one attached hydrogen (secondary N) is 1. The summed E-state index contributed by atoms with van der Waals surface area (Å²) in [4.78, 5) is 32.1. The number of nitrogen functional groups attached to an aromatic ring is 1. The van der Waals surface area contributed by atoms with Crippen LogP contribution < -0.4 is 15.8 Å². The van der Waals surface area contributed by atoms with Crippen molar-refractivity contribution in [2.75, 3.05) is 24.1 Å². The van der Waals surface area contributed by atoms with Crippen LogP contribution in [0, 0.1) is 6.92 Å². The number of carbonyl (C=O) groups excluding carboxylic acids is 2. The van der Waals surface area contributed by atoms with Crippen molar-refractivity contribution >= 4 is 23.2 Å². The molecule has 3 aromatic rings. The van der Waals surface area contributed by atoms with Gasteiger partial charge in [0.25, 0.3) is 11.8 Å². The molecule has 0 bridgehead atoms. The van der Waals surface area contributed by atoms with E-state index >= 15 is 0 Å². The molecule has 1 aliphatic heterocycles. The number of rotatable bonds is 6. The molecule has 0 radical (unpaired) electrons. The molecular formula is C28H32N4O3. The van der Waals surface area contributed by atoms with Crippen LogP contribution in [0.25, 0.3) is 0 Å². The van der Waals surface area contributed by atoms with Crippen molar-refractivity contribution in [3.63, 3.8) is 0 Å². The van der Waals surface area contributed by atoms with Gasteiger partial charge in [-0.25, -0.2) is 4.98 Å². The van der Waals surface area contributed by atoms with Crippen molar-refractivity contribution in [3.8, 4) is 5.88 Å². The molecule has 1 aliphatic rings. The Bertz CT molecular complexity index is 1180. The minimum absolute atomic E-state index is 0.00796. The maximum absolute atomic E-state index is 13.2. The number of aromatic nitrogens is 1. The number of benzene rings is 2. The van der Waals surface area contributed by atoms with Gasteiger partial charge in [0.1, 0.15) is 0 Å². The largest absolute Gasteiger partial charge is 0.475 e. The van der Waals surface area contributed by atoms with E-state index in [4.69, 9.17) is 10.5 Å². The first-order valence-electron chi connectivity index (χ1n) is 12.0. The lowest BCUT2D eigenvalue weighted by molar-refractivity contribution is 0.0712. The fourth-order valence-electron chi connectivity index (χ4n) is 4.28. The molecule has 1 fully saturated rings. The zero-order chi connectivity index (χ0) is 24.9. The first-order chi connectivity index (χ1) is 16.8. The quantitative estimate of drug-likeness (QED) is 0.490. The number of nitrogens with two attached hydrogens (primary N) is 1. The predicted molar refractivity (Wildman–Crippen MR) is 138 cm³/mol. The van der Waals surface area contributed by atoms with Crippen LogP contribution >= 0.6 is 0 Å². The molecule has 0 unspecified atom stereocenters. The van der Waals surface area contributed by atoms with Gasteiger partial charge < -0.3 is 20.7 Å². The van der Waals surface area contributed by atoms with Crippen molar-refractivity contribution in [2.24, 2.45) is 0 Å². The first kappa shape index (κ1) is 24.3. The van der Waals surface area contributed by atoms with E-state index in [1.54, 1.807) is 18.2 Å². The van der Waals surface area contributed by atoms with Crippen molar-refractivity contribution in [1.82, 2.24) is 9.88 Å². The number of carbonyl (C=O) groups is 2. The molecule has 1 aromatic heterocycles. The van der Waals surface area contributed by atoms with Crippen molar-refractivity contribution in [1.29, 1.82) is 0 Å². The molecule has 7 nitrogen and oxygen atoms in total. The Morgan fingerprint density at radius 2 is 1.71 bits per heavy atom. The predicted octanol–water partition coefficient (Wildman–Crippen LogP) is 5.03. The Kier molecular flexibility index (Phi) is 7.34. The van der Waals surface area contributed by atoms with Crippen molar-refractivity contribution in [3.05, 3.63) is 83.0 Å². The minimum atomic E-state index is -0.286. The average Bonchev–Trinajstić information content (AvgIpc) is 2.85. The number of hydrogen-bond donors (Lipinski definition) is 2. The van der Waals surface area contributed by atoms with Crippen LogP contribution in [0.3, 0.4) is 0 Å². The SMILES string of the molecule is Cc1ccc(C(=O)N2CCC(c3ccc(N)cc3)CC2)cc1NC(=O)c1ccc(OC(C)C)nc1. The number of ether oxygens (including phenoxy) is 1. The molecule has 0 aliphatic carbocycles. The van der Waals surface area contributed by atoms with Gasteiger partial charge in [-0.05, 0) is 81.0 Å². The summed E-state index contributed by atoms with van der Waals surface area (Å²) in [7, 11) is 0. The number of piperidine rings is 1. The molecule has 2 amide bonds. The molecule has 2 heterocycles. The highest BCUT2D eigenvalue weighted by molar-refractivity contribution is 6.05. The summed E-state index contributed by atoms with van der Waals surface area (Å²) in [5, 5.41) is 2.92. The van der Waals surface area contributed by atoms with Crippen LogP contribution in [-0.4, -0.2) is 40.9 Å². The molecule has 182 valence electrons. The van der Waals surface area contributed by atoms with E-state index in [2.05, 4.69) is 22.4 Å². The Labute approximate surface area is 206 Å². The zero-order valence-corrected chi connectivity index (χ0v) is 20.5. The summed E-state index contributed by atoms with van der Waals surface area (Å²) < 4.78 is 5.53. The number of anilines is 2. The zero-order valence-electron chi connectivity index (χ0n) is 20.5. The van der Waals surface area contributed by atoms with Crippen LogP contribution in [0.15, 0.2) is 60.8 Å². The molecule has 0 atom stereocenters. The standard InChI is InChI=1S/C28H32N4O3/c1-18(2)35-26-11-8-23(17-30-26)27(33)31-25-16-22(5-4-19(25)3)28(34)32-14-12-21(13-15-32)20-6-9-24(29)10-7-20/h4-11,16-18,21H,12-15,29H2,1-3H3,(H,31,33). The Hall–Kier alpha value is -3.87. The van der Waals surface area contributed by atoms with Gasteiger partial charge in [0.2, 0.25) is 5.88 Å². The van der Waals surface area contributed by atoms with Gasteiger partial charge >= 0.3 is 0 Å². The molecule has 7 heteroatoms. The van der Waals surface area contributed by atoms with Crippen LogP contribution in [0.4, 0.5) is 11.4 Å². The van der Waals surface area contributed by atoms with Gasteiger partial charge in [-0.15, -0.1) is 0 Å². The lowest BCUT2D eigenvalue weighted by Gasteiger charge is -2.32. The van der Waals surface area contributed by atoms with Gasteiger partial charge in [-0.3, -0.25) is 9.59 Å². The summed E-state index contributed by atoms with van der Waals surface area (Å²) in [5.74, 6) is 0.595. The summed E-state index contributed by atoms with van der Waals surface area (Å²) >= 11 is 0. The highest BCUT2D eigenvalue weighted by Gasteiger charge is 2.25. The fourth-order valence-corrected chi connectivity index (χ4v) is 4.28. The fraction of sp³-hybridized carbons (Fsp3) is 0.321. The monoisotopic (exact) mass is 472 g/mol. The molecule has 0 spiro atoms. The normalized spacial score (nSPS) is 14.1. The second kappa shape index (κ2) is 10.6. The number of nitrogens with zero attached hydrogens (tertiary/aromatic N) is 2. The highest BCUT2D eigenvalue weighted by Crippen LogP contribution is 2.29. The minimum Gasteiger partial charge on any atom is -0.475 e. The second-order valence-electron chi connectivity index (χ2n) is 9.27. The van der Waals surface area contributed by atoms with Crippen molar-refractivity contribution in [2.45, 2.75) is 45.6 Å². The maximum Gasteiger partial charge on any atom is 0.257 e. The number of aryl methyl sites for hydroxylation is 1. The average molecular weight is 473 g/mol. The van der Waals surface area contributed by atoms with E-state index in [-0.39, 0.29) is 17.9 Å². The molecular weight excluding hydrogens is 440 g/mol. The Balaban J connectivity index is 1.40. The van der Waals surface area contributed by atoms with Crippen LogP contribution in [0.5, 0.6) is 5.88 Å². The Morgan fingerprint density at radius 1 is 1.03 bits per heavy atom. The van der Waals surface area contributed by atoms with E-state index in [1.807, 2.05) is 49.9 Å². The van der Waals surface area contributed by atoms with E-state index in [0.29, 0.717) is 41.7 Å². The first-order valence-corrected chi connectivity index (χ1v) is 12.0. The second-order valence-corrected chi connectivity index (χ2v) is 9.27. The molecule has 0 saturated carbocycles. The van der Waals surface area contributed by atoms with E-state index in [1.165, 1.54) is 11.8 Å². The summed E-state index contributed by atoms with van der Waals surface area (Å²) in [5.41, 5.74) is 10.3. The third-order valence-electron chi connectivity index (χ3n) is 6.28. The Morgan fingerprint density at radius 3 is 2.34 bits per heavy atom.